The molecule has 1 rings (SSSR count). The molecule has 18 heavy (non-hydrogen) atoms. The number of nitrogens with zero attached hydrogens (tertiary/aromatic N) is 1. The van der Waals surface area contributed by atoms with Crippen molar-refractivity contribution in [3.8, 4) is 5.75 Å². The summed E-state index contributed by atoms with van der Waals surface area (Å²) in [4.78, 5) is 0. The predicted molar refractivity (Wildman–Crippen MR) is 71.0 cm³/mol. The minimum atomic E-state index is -3.78. The van der Waals surface area contributed by atoms with Crippen LogP contribution in [-0.4, -0.2) is 11.8 Å². The number of para-hydroxylation sites is 1. The Labute approximate surface area is 111 Å². The summed E-state index contributed by atoms with van der Waals surface area (Å²) in [5, 5.41) is 3.52. The highest BCUT2D eigenvalue weighted by atomic mass is 35.5. The first-order valence-corrected chi connectivity index (χ1v) is 7.27. The van der Waals surface area contributed by atoms with Gasteiger partial charge in [-0.05, 0) is 25.5 Å². The second-order valence-electron chi connectivity index (χ2n) is 3.35. The molecule has 0 aromatic heterocycles. The van der Waals surface area contributed by atoms with E-state index in [0.717, 1.165) is 0 Å². The van der Waals surface area contributed by atoms with Crippen molar-refractivity contribution >= 4 is 24.6 Å². The fourth-order valence-electron chi connectivity index (χ4n) is 0.986. The van der Waals surface area contributed by atoms with Gasteiger partial charge in [-0.2, -0.15) is 0 Å². The number of oxime groups is 1. The highest BCUT2D eigenvalue weighted by molar-refractivity contribution is 7.48. The largest absolute Gasteiger partial charge is 0.608 e. The van der Waals surface area contributed by atoms with E-state index in [-0.39, 0.29) is 11.8 Å². The lowest BCUT2D eigenvalue weighted by Crippen LogP contribution is -2.01. The molecule has 0 aliphatic carbocycles. The zero-order valence-corrected chi connectivity index (χ0v) is 11.9. The summed E-state index contributed by atoms with van der Waals surface area (Å²) in [6, 6.07) is 8.59. The van der Waals surface area contributed by atoms with Crippen molar-refractivity contribution in [3.63, 3.8) is 0 Å². The molecule has 7 heteroatoms. The second-order valence-corrected chi connectivity index (χ2v) is 5.40. The van der Waals surface area contributed by atoms with Crippen LogP contribution in [0.1, 0.15) is 20.3 Å². The molecule has 0 spiro atoms. The smallest absolute Gasteiger partial charge is 0.394 e. The van der Waals surface area contributed by atoms with E-state index < -0.39 is 7.82 Å². The highest BCUT2D eigenvalue weighted by Gasteiger charge is 2.30. The molecule has 1 unspecified atom stereocenters. The molecule has 0 N–H and O–H groups in total. The lowest BCUT2D eigenvalue weighted by atomic mass is 10.3. The summed E-state index contributed by atoms with van der Waals surface area (Å²) in [7, 11) is -3.78. The molecule has 0 saturated heterocycles. The Morgan fingerprint density at radius 2 is 2.06 bits per heavy atom. The first-order valence-electron chi connectivity index (χ1n) is 5.44. The SMILES string of the molecule is CCCOP(=O)(O/N=C(/C)Cl)Oc1ccccc1. The zero-order chi connectivity index (χ0) is 13.4. The average molecular weight is 292 g/mol. The van der Waals surface area contributed by atoms with E-state index in [2.05, 4.69) is 5.16 Å². The molecule has 1 aromatic carbocycles. The third kappa shape index (κ3) is 5.54. The van der Waals surface area contributed by atoms with Gasteiger partial charge in [-0.1, -0.05) is 41.9 Å². The van der Waals surface area contributed by atoms with E-state index in [1.165, 1.54) is 6.92 Å². The monoisotopic (exact) mass is 291 g/mol. The number of hydrogen-bond donors (Lipinski definition) is 0. The summed E-state index contributed by atoms with van der Waals surface area (Å²) >= 11 is 5.51. The maximum absolute atomic E-state index is 12.2. The second kappa shape index (κ2) is 7.41. The topological polar surface area (TPSA) is 57.1 Å². The molecule has 0 radical (unpaired) electrons. The van der Waals surface area contributed by atoms with E-state index in [1.807, 2.05) is 13.0 Å². The maximum Gasteiger partial charge on any atom is 0.608 e. The molecule has 100 valence electrons. The average Bonchev–Trinajstić information content (AvgIpc) is 2.35. The van der Waals surface area contributed by atoms with Crippen LogP contribution >= 0.6 is 19.4 Å². The van der Waals surface area contributed by atoms with Crippen LogP contribution in [0.5, 0.6) is 5.75 Å². The Hall–Kier alpha value is -1.03. The van der Waals surface area contributed by atoms with E-state index in [4.69, 9.17) is 25.3 Å². The number of rotatable bonds is 7. The molecule has 1 atom stereocenters. The lowest BCUT2D eigenvalue weighted by Gasteiger charge is -2.15. The zero-order valence-electron chi connectivity index (χ0n) is 10.2. The van der Waals surface area contributed by atoms with Crippen molar-refractivity contribution in [2.24, 2.45) is 5.16 Å². The van der Waals surface area contributed by atoms with E-state index >= 15 is 0 Å². The molecule has 0 aliphatic heterocycles. The van der Waals surface area contributed by atoms with Gasteiger partial charge in [0.25, 0.3) is 0 Å². The van der Waals surface area contributed by atoms with Gasteiger partial charge in [-0.25, -0.2) is 4.57 Å². The molecule has 0 aliphatic rings. The van der Waals surface area contributed by atoms with Gasteiger partial charge in [0.05, 0.1) is 6.61 Å². The normalized spacial score (nSPS) is 14.9. The lowest BCUT2D eigenvalue weighted by molar-refractivity contribution is 0.160. The van der Waals surface area contributed by atoms with Gasteiger partial charge in [0, 0.05) is 0 Å². The number of hydrogen-bond acceptors (Lipinski definition) is 5. The first kappa shape index (κ1) is 15.0. The Bertz CT molecular complexity index is 434. The van der Waals surface area contributed by atoms with E-state index in [0.29, 0.717) is 12.2 Å². The Balaban J connectivity index is 2.77. The summed E-state index contributed by atoms with van der Waals surface area (Å²) < 4.78 is 27.3. The molecular weight excluding hydrogens is 277 g/mol. The minimum Gasteiger partial charge on any atom is -0.394 e. The fraction of sp³-hybridized carbons (Fsp3) is 0.364. The van der Waals surface area contributed by atoms with Crippen LogP contribution in [0.25, 0.3) is 0 Å². The van der Waals surface area contributed by atoms with Gasteiger partial charge in [0.1, 0.15) is 10.9 Å². The molecule has 5 nitrogen and oxygen atoms in total. The number of halogens is 1. The van der Waals surface area contributed by atoms with Gasteiger partial charge in [0.2, 0.25) is 0 Å². The minimum absolute atomic E-state index is 0.104. The van der Waals surface area contributed by atoms with Crippen molar-refractivity contribution in [1.29, 1.82) is 0 Å². The summed E-state index contributed by atoms with van der Waals surface area (Å²) in [5.74, 6) is 0.374. The predicted octanol–water partition coefficient (Wildman–Crippen LogP) is 4.19. The molecule has 0 heterocycles. The van der Waals surface area contributed by atoms with Crippen molar-refractivity contribution in [3.05, 3.63) is 30.3 Å². The fourth-order valence-corrected chi connectivity index (χ4v) is 2.21. The third-order valence-electron chi connectivity index (χ3n) is 1.68. The quantitative estimate of drug-likeness (QED) is 0.429. The van der Waals surface area contributed by atoms with Crippen LogP contribution in [0.3, 0.4) is 0 Å². The Morgan fingerprint density at radius 1 is 1.39 bits per heavy atom. The van der Waals surface area contributed by atoms with Crippen LogP contribution in [0.4, 0.5) is 0 Å². The van der Waals surface area contributed by atoms with Crippen LogP contribution in [0.15, 0.2) is 35.5 Å². The van der Waals surface area contributed by atoms with Crippen LogP contribution in [0, 0.1) is 0 Å². The van der Waals surface area contributed by atoms with Gasteiger partial charge in [-0.15, -0.1) is 0 Å². The molecule has 0 saturated carbocycles. The molecular formula is C11H15ClNO4P. The maximum atomic E-state index is 12.2. The highest BCUT2D eigenvalue weighted by Crippen LogP contribution is 2.49. The summed E-state index contributed by atoms with van der Waals surface area (Å²) in [6.45, 7) is 3.61. The molecule has 1 aromatic rings. The van der Waals surface area contributed by atoms with E-state index in [1.54, 1.807) is 24.3 Å². The number of phosphoric acid groups is 1. The summed E-state index contributed by atoms with van der Waals surface area (Å²) in [6.07, 6.45) is 0.676. The van der Waals surface area contributed by atoms with Gasteiger partial charge in [0.15, 0.2) is 0 Å². The van der Waals surface area contributed by atoms with Crippen molar-refractivity contribution < 1.29 is 18.2 Å². The van der Waals surface area contributed by atoms with Crippen molar-refractivity contribution in [2.75, 3.05) is 6.61 Å². The third-order valence-corrected chi connectivity index (χ3v) is 2.96. The molecule has 0 fully saturated rings. The van der Waals surface area contributed by atoms with Gasteiger partial charge in [-0.3, -0.25) is 9.15 Å². The van der Waals surface area contributed by atoms with Crippen LogP contribution in [-0.2, 0) is 13.7 Å². The Kier molecular flexibility index (Phi) is 6.19. The number of benzene rings is 1. The van der Waals surface area contributed by atoms with Gasteiger partial charge < -0.3 is 4.52 Å². The summed E-state index contributed by atoms with van der Waals surface area (Å²) in [5.41, 5.74) is 0. The molecule has 0 amide bonds. The van der Waals surface area contributed by atoms with E-state index in [9.17, 15) is 4.57 Å². The Morgan fingerprint density at radius 3 is 2.61 bits per heavy atom. The van der Waals surface area contributed by atoms with Crippen LogP contribution < -0.4 is 4.52 Å². The van der Waals surface area contributed by atoms with Crippen molar-refractivity contribution in [2.45, 2.75) is 20.3 Å². The van der Waals surface area contributed by atoms with Crippen LogP contribution in [0.2, 0.25) is 0 Å². The first-order chi connectivity index (χ1) is 8.56. The van der Waals surface area contributed by atoms with Crippen molar-refractivity contribution in [1.82, 2.24) is 0 Å². The standard InChI is InChI=1S/C11H15ClNO4P/c1-3-9-15-18(14,17-13-10(2)12)16-11-7-5-4-6-8-11/h4-8H,3,9H2,1-2H3/b13-10-. The number of phosphoric ester groups is 1. The molecule has 0 bridgehead atoms. The van der Waals surface area contributed by atoms with Gasteiger partial charge >= 0.3 is 7.82 Å².